The van der Waals surface area contributed by atoms with Crippen molar-refractivity contribution < 1.29 is 9.50 Å². The fourth-order valence-corrected chi connectivity index (χ4v) is 2.72. The number of hydrogen-bond donors (Lipinski definition) is 1. The molecule has 0 aliphatic carbocycles. The van der Waals surface area contributed by atoms with E-state index in [0.29, 0.717) is 12.0 Å². The smallest absolute Gasteiger partial charge is 0.126 e. The molecule has 0 fully saturated rings. The third-order valence-electron chi connectivity index (χ3n) is 3.73. The zero-order chi connectivity index (χ0) is 13.2. The summed E-state index contributed by atoms with van der Waals surface area (Å²) in [6.45, 7) is 0.141. The van der Waals surface area contributed by atoms with Gasteiger partial charge in [-0.05, 0) is 24.5 Å². The van der Waals surface area contributed by atoms with Crippen LogP contribution in [0.1, 0.15) is 36.0 Å². The summed E-state index contributed by atoms with van der Waals surface area (Å²) in [6, 6.07) is 6.92. The van der Waals surface area contributed by atoms with Gasteiger partial charge in [-0.25, -0.2) is 9.37 Å². The van der Waals surface area contributed by atoms with E-state index in [1.54, 1.807) is 12.1 Å². The monoisotopic (exact) mass is 260 g/mol. The summed E-state index contributed by atoms with van der Waals surface area (Å²) in [6.07, 6.45) is 5.45. The largest absolute Gasteiger partial charge is 0.394 e. The van der Waals surface area contributed by atoms with Crippen molar-refractivity contribution in [3.05, 3.63) is 53.4 Å². The maximum Gasteiger partial charge on any atom is 0.126 e. The molecule has 1 aliphatic rings. The topological polar surface area (TPSA) is 38.1 Å². The van der Waals surface area contributed by atoms with Crippen LogP contribution in [0, 0.1) is 5.82 Å². The van der Waals surface area contributed by atoms with Gasteiger partial charge in [0.05, 0.1) is 18.3 Å². The van der Waals surface area contributed by atoms with E-state index < -0.39 is 0 Å². The van der Waals surface area contributed by atoms with Gasteiger partial charge in [0.25, 0.3) is 0 Å². The zero-order valence-corrected chi connectivity index (χ0v) is 10.7. The standard InChI is InChI=1S/C15H17FN2O/c16-14-6-2-1-4-11(14)8-12-9-18-13(10-19)5-3-7-15(18)17-12/h1-2,4,6,9,13,19H,3,5,7-8,10H2. The first-order chi connectivity index (χ1) is 9.28. The lowest BCUT2D eigenvalue weighted by atomic mass is 10.1. The maximum atomic E-state index is 13.6. The quantitative estimate of drug-likeness (QED) is 0.920. The number of fused-ring (bicyclic) bond motifs is 1. The molecule has 3 nitrogen and oxygen atoms in total. The number of imidazole rings is 1. The first kappa shape index (κ1) is 12.4. The first-order valence-corrected chi connectivity index (χ1v) is 6.69. The van der Waals surface area contributed by atoms with Crippen molar-refractivity contribution in [3.63, 3.8) is 0 Å². The minimum atomic E-state index is -0.188. The summed E-state index contributed by atoms with van der Waals surface area (Å²) >= 11 is 0. The van der Waals surface area contributed by atoms with E-state index in [4.69, 9.17) is 0 Å². The van der Waals surface area contributed by atoms with E-state index in [1.807, 2.05) is 12.3 Å². The maximum absolute atomic E-state index is 13.6. The fourth-order valence-electron chi connectivity index (χ4n) is 2.72. The van der Waals surface area contributed by atoms with Crippen LogP contribution in [0.25, 0.3) is 0 Å². The highest BCUT2D eigenvalue weighted by atomic mass is 19.1. The van der Waals surface area contributed by atoms with Crippen LogP contribution in [0.3, 0.4) is 0 Å². The lowest BCUT2D eigenvalue weighted by Crippen LogP contribution is -2.20. The van der Waals surface area contributed by atoms with Gasteiger partial charge in [-0.2, -0.15) is 0 Å². The number of hydrogen-bond acceptors (Lipinski definition) is 2. The van der Waals surface area contributed by atoms with Gasteiger partial charge in [0.1, 0.15) is 11.6 Å². The van der Waals surface area contributed by atoms with Gasteiger partial charge in [0.15, 0.2) is 0 Å². The number of benzene rings is 1. The summed E-state index contributed by atoms with van der Waals surface area (Å²) in [4.78, 5) is 4.57. The lowest BCUT2D eigenvalue weighted by Gasteiger charge is -2.22. The van der Waals surface area contributed by atoms with Crippen LogP contribution in [0.2, 0.25) is 0 Å². The SMILES string of the molecule is OCC1CCCc2nc(Cc3ccccc3F)cn21. The van der Waals surface area contributed by atoms with Gasteiger partial charge >= 0.3 is 0 Å². The molecular weight excluding hydrogens is 243 g/mol. The molecule has 2 heterocycles. The number of aliphatic hydroxyl groups is 1. The van der Waals surface area contributed by atoms with Crippen LogP contribution in [0.15, 0.2) is 30.5 Å². The van der Waals surface area contributed by atoms with Crippen LogP contribution in [-0.2, 0) is 12.8 Å². The average molecular weight is 260 g/mol. The summed E-state index contributed by atoms with van der Waals surface area (Å²) < 4.78 is 15.7. The second-order valence-corrected chi connectivity index (χ2v) is 5.05. The van der Waals surface area contributed by atoms with Crippen molar-refractivity contribution in [2.45, 2.75) is 31.7 Å². The third-order valence-corrected chi connectivity index (χ3v) is 3.73. The van der Waals surface area contributed by atoms with E-state index in [2.05, 4.69) is 9.55 Å². The molecule has 1 aromatic carbocycles. The molecule has 1 atom stereocenters. The lowest BCUT2D eigenvalue weighted by molar-refractivity contribution is 0.206. The second kappa shape index (κ2) is 5.13. The Balaban J connectivity index is 1.87. The summed E-state index contributed by atoms with van der Waals surface area (Å²) in [7, 11) is 0. The average Bonchev–Trinajstić information content (AvgIpc) is 2.83. The molecule has 1 aromatic heterocycles. The van der Waals surface area contributed by atoms with Crippen molar-refractivity contribution in [1.82, 2.24) is 9.55 Å². The Morgan fingerprint density at radius 2 is 2.21 bits per heavy atom. The van der Waals surface area contributed by atoms with E-state index in [-0.39, 0.29) is 18.5 Å². The molecule has 19 heavy (non-hydrogen) atoms. The van der Waals surface area contributed by atoms with Gasteiger partial charge in [-0.1, -0.05) is 18.2 Å². The van der Waals surface area contributed by atoms with E-state index in [1.165, 1.54) is 6.07 Å². The molecule has 0 bridgehead atoms. The van der Waals surface area contributed by atoms with E-state index in [9.17, 15) is 9.50 Å². The minimum Gasteiger partial charge on any atom is -0.394 e. The highest BCUT2D eigenvalue weighted by molar-refractivity contribution is 5.23. The molecule has 0 radical (unpaired) electrons. The molecule has 0 saturated carbocycles. The van der Waals surface area contributed by atoms with Crippen LogP contribution >= 0.6 is 0 Å². The van der Waals surface area contributed by atoms with Gasteiger partial charge in [0.2, 0.25) is 0 Å². The number of aromatic nitrogens is 2. The fraction of sp³-hybridized carbons (Fsp3) is 0.400. The molecule has 0 amide bonds. The van der Waals surface area contributed by atoms with Crippen LogP contribution in [-0.4, -0.2) is 21.3 Å². The zero-order valence-electron chi connectivity index (χ0n) is 10.7. The van der Waals surface area contributed by atoms with Crippen molar-refractivity contribution in [2.75, 3.05) is 6.61 Å². The minimum absolute atomic E-state index is 0.130. The van der Waals surface area contributed by atoms with Crippen molar-refractivity contribution in [1.29, 1.82) is 0 Å². The Morgan fingerprint density at radius 1 is 1.37 bits per heavy atom. The molecule has 0 saturated heterocycles. The second-order valence-electron chi connectivity index (χ2n) is 5.05. The first-order valence-electron chi connectivity index (χ1n) is 6.69. The molecule has 3 rings (SSSR count). The highest BCUT2D eigenvalue weighted by Crippen LogP contribution is 2.25. The van der Waals surface area contributed by atoms with Crippen LogP contribution in [0.5, 0.6) is 0 Å². The van der Waals surface area contributed by atoms with Crippen molar-refractivity contribution >= 4 is 0 Å². The molecule has 100 valence electrons. The summed E-state index contributed by atoms with van der Waals surface area (Å²) in [5.74, 6) is 0.823. The van der Waals surface area contributed by atoms with Gasteiger partial charge in [-0.15, -0.1) is 0 Å². The van der Waals surface area contributed by atoms with Crippen LogP contribution < -0.4 is 0 Å². The predicted octanol–water partition coefficient (Wildman–Crippen LogP) is 2.48. The van der Waals surface area contributed by atoms with E-state index in [0.717, 1.165) is 30.8 Å². The molecular formula is C15H17FN2O. The molecule has 1 unspecified atom stereocenters. The molecule has 2 aromatic rings. The number of halogens is 1. The summed E-state index contributed by atoms with van der Waals surface area (Å²) in [5, 5.41) is 9.37. The Morgan fingerprint density at radius 3 is 3.00 bits per heavy atom. The highest BCUT2D eigenvalue weighted by Gasteiger charge is 2.21. The van der Waals surface area contributed by atoms with Gasteiger partial charge in [-0.3, -0.25) is 0 Å². The third kappa shape index (κ3) is 2.40. The van der Waals surface area contributed by atoms with Crippen molar-refractivity contribution in [2.24, 2.45) is 0 Å². The van der Waals surface area contributed by atoms with Crippen molar-refractivity contribution in [3.8, 4) is 0 Å². The Kier molecular flexibility index (Phi) is 3.34. The molecule has 4 heteroatoms. The number of aliphatic hydroxyl groups excluding tert-OH is 1. The van der Waals surface area contributed by atoms with Crippen LogP contribution in [0.4, 0.5) is 4.39 Å². The number of rotatable bonds is 3. The molecule has 1 aliphatic heterocycles. The summed E-state index contributed by atoms with van der Waals surface area (Å²) in [5.41, 5.74) is 1.54. The molecule has 0 spiro atoms. The van der Waals surface area contributed by atoms with Gasteiger partial charge in [0, 0.05) is 19.0 Å². The predicted molar refractivity (Wildman–Crippen MR) is 70.5 cm³/mol. The number of nitrogens with zero attached hydrogens (tertiary/aromatic N) is 2. The Bertz CT molecular complexity index is 579. The normalized spacial score (nSPS) is 18.3. The van der Waals surface area contributed by atoms with E-state index >= 15 is 0 Å². The molecule has 1 N–H and O–H groups in total. The number of aryl methyl sites for hydroxylation is 1. The van der Waals surface area contributed by atoms with Gasteiger partial charge < -0.3 is 9.67 Å². The Hall–Kier alpha value is -1.68. The Labute approximate surface area is 111 Å².